The number of sulfonamides is 1. The minimum atomic E-state index is -3.66. The van der Waals surface area contributed by atoms with Crippen molar-refractivity contribution in [3.63, 3.8) is 0 Å². The molecule has 2 aromatic rings. The lowest BCUT2D eigenvalue weighted by Gasteiger charge is -2.30. The summed E-state index contributed by atoms with van der Waals surface area (Å²) in [4.78, 5) is 2.61. The second-order valence-electron chi connectivity index (χ2n) is 7.62. The van der Waals surface area contributed by atoms with E-state index in [0.29, 0.717) is 11.5 Å². The first-order valence-corrected chi connectivity index (χ1v) is 11.4. The molecule has 1 fully saturated rings. The van der Waals surface area contributed by atoms with Gasteiger partial charge in [-0.2, -0.15) is 0 Å². The van der Waals surface area contributed by atoms with Gasteiger partial charge in [0, 0.05) is 19.2 Å². The molecule has 0 bridgehead atoms. The Morgan fingerprint density at radius 3 is 2.38 bits per heavy atom. The quantitative estimate of drug-likeness (QED) is 0.712. The van der Waals surface area contributed by atoms with Crippen LogP contribution in [0.5, 0.6) is 11.5 Å². The molecule has 29 heavy (non-hydrogen) atoms. The summed E-state index contributed by atoms with van der Waals surface area (Å²) >= 11 is 0. The Bertz CT molecular complexity index is 922. The predicted molar refractivity (Wildman–Crippen MR) is 114 cm³/mol. The zero-order valence-electron chi connectivity index (χ0n) is 17.3. The molecule has 2 aromatic carbocycles. The van der Waals surface area contributed by atoms with Gasteiger partial charge in [-0.25, -0.2) is 13.1 Å². The molecule has 3 rings (SSSR count). The number of likely N-dealkylation sites (tertiary alicyclic amines) is 1. The van der Waals surface area contributed by atoms with Crippen LogP contribution in [-0.4, -0.2) is 40.6 Å². The van der Waals surface area contributed by atoms with Gasteiger partial charge in [-0.15, -0.1) is 0 Å². The van der Waals surface area contributed by atoms with Crippen molar-refractivity contribution in [2.45, 2.75) is 37.8 Å². The molecule has 0 saturated carbocycles. The third kappa shape index (κ3) is 5.72. The summed E-state index contributed by atoms with van der Waals surface area (Å²) < 4.78 is 38.4. The van der Waals surface area contributed by atoms with E-state index >= 15 is 0 Å². The number of hydrogen-bond acceptors (Lipinski definition) is 5. The third-order valence-electron chi connectivity index (χ3n) is 5.41. The number of hydrogen-bond donors (Lipinski definition) is 1. The summed E-state index contributed by atoms with van der Waals surface area (Å²) in [5.74, 6) is 1.68. The summed E-state index contributed by atoms with van der Waals surface area (Å²) in [7, 11) is -0.660. The average Bonchev–Trinajstić information content (AvgIpc) is 2.74. The molecule has 0 radical (unpaired) electrons. The van der Waals surface area contributed by atoms with Gasteiger partial charge in [0.2, 0.25) is 10.0 Å². The highest BCUT2D eigenvalue weighted by molar-refractivity contribution is 7.89. The Balaban J connectivity index is 1.64. The van der Waals surface area contributed by atoms with E-state index in [0.717, 1.165) is 31.1 Å². The first-order valence-electron chi connectivity index (χ1n) is 9.93. The van der Waals surface area contributed by atoms with Crippen molar-refractivity contribution in [1.29, 1.82) is 0 Å². The summed E-state index contributed by atoms with van der Waals surface area (Å²) in [6, 6.07) is 12.7. The zero-order chi connectivity index (χ0) is 20.9. The molecule has 1 aliphatic heterocycles. The maximum Gasteiger partial charge on any atom is 0.241 e. The van der Waals surface area contributed by atoms with Gasteiger partial charge in [-0.05, 0) is 55.1 Å². The number of benzene rings is 2. The van der Waals surface area contributed by atoms with Crippen molar-refractivity contribution in [3.05, 3.63) is 53.6 Å². The standard InChI is InChI=1S/C22H30N2O4S/c1-17-9-11-24(12-10-17)16-19-6-4-5-18(13-19)15-23-29(25,26)20-7-8-21(27-2)22(14-20)28-3/h4-8,13-14,17,23H,9-12,15-16H2,1-3H3. The van der Waals surface area contributed by atoms with Crippen LogP contribution >= 0.6 is 0 Å². The van der Waals surface area contributed by atoms with Crippen LogP contribution in [0.25, 0.3) is 0 Å². The number of piperidine rings is 1. The van der Waals surface area contributed by atoms with E-state index in [9.17, 15) is 8.42 Å². The van der Waals surface area contributed by atoms with Crippen LogP contribution in [0.1, 0.15) is 30.9 Å². The molecular formula is C22H30N2O4S. The highest BCUT2D eigenvalue weighted by atomic mass is 32.2. The van der Waals surface area contributed by atoms with Crippen LogP contribution in [0.2, 0.25) is 0 Å². The van der Waals surface area contributed by atoms with Crippen LogP contribution < -0.4 is 14.2 Å². The fourth-order valence-corrected chi connectivity index (χ4v) is 4.59. The predicted octanol–water partition coefficient (Wildman–Crippen LogP) is 3.41. The summed E-state index contributed by atoms with van der Waals surface area (Å²) in [6.45, 7) is 5.70. The molecule has 0 atom stereocenters. The Labute approximate surface area is 173 Å². The summed E-state index contributed by atoms with van der Waals surface area (Å²) in [5.41, 5.74) is 2.15. The zero-order valence-corrected chi connectivity index (χ0v) is 18.2. The highest BCUT2D eigenvalue weighted by Gasteiger charge is 2.18. The Morgan fingerprint density at radius 2 is 1.69 bits per heavy atom. The number of nitrogens with zero attached hydrogens (tertiary/aromatic N) is 1. The highest BCUT2D eigenvalue weighted by Crippen LogP contribution is 2.29. The lowest BCUT2D eigenvalue weighted by Crippen LogP contribution is -2.32. The Hall–Kier alpha value is -2.09. The van der Waals surface area contributed by atoms with Gasteiger partial charge in [0.05, 0.1) is 19.1 Å². The SMILES string of the molecule is COc1ccc(S(=O)(=O)NCc2cccc(CN3CCC(C)CC3)c2)cc1OC. The Kier molecular flexibility index (Phi) is 7.16. The van der Waals surface area contributed by atoms with Gasteiger partial charge in [0.15, 0.2) is 11.5 Å². The fraction of sp³-hybridized carbons (Fsp3) is 0.455. The molecule has 7 heteroatoms. The first-order chi connectivity index (χ1) is 13.9. The molecule has 6 nitrogen and oxygen atoms in total. The van der Waals surface area contributed by atoms with Crippen molar-refractivity contribution in [2.75, 3.05) is 27.3 Å². The van der Waals surface area contributed by atoms with Crippen molar-refractivity contribution < 1.29 is 17.9 Å². The number of ether oxygens (including phenoxy) is 2. The molecule has 1 aliphatic rings. The largest absolute Gasteiger partial charge is 0.493 e. The van der Waals surface area contributed by atoms with Crippen molar-refractivity contribution in [1.82, 2.24) is 9.62 Å². The van der Waals surface area contributed by atoms with E-state index in [1.54, 1.807) is 6.07 Å². The number of methoxy groups -OCH3 is 2. The van der Waals surface area contributed by atoms with E-state index < -0.39 is 10.0 Å². The lowest BCUT2D eigenvalue weighted by molar-refractivity contribution is 0.185. The van der Waals surface area contributed by atoms with E-state index in [4.69, 9.17) is 9.47 Å². The number of nitrogens with one attached hydrogen (secondary N) is 1. The maximum atomic E-state index is 12.7. The van der Waals surface area contributed by atoms with E-state index in [-0.39, 0.29) is 11.4 Å². The molecule has 0 unspecified atom stereocenters. The fourth-order valence-electron chi connectivity index (χ4n) is 3.56. The minimum Gasteiger partial charge on any atom is -0.493 e. The lowest BCUT2D eigenvalue weighted by atomic mass is 9.98. The normalized spacial score (nSPS) is 16.0. The van der Waals surface area contributed by atoms with Crippen LogP contribution in [-0.2, 0) is 23.1 Å². The smallest absolute Gasteiger partial charge is 0.241 e. The van der Waals surface area contributed by atoms with Crippen molar-refractivity contribution >= 4 is 10.0 Å². The van der Waals surface area contributed by atoms with Crippen LogP contribution in [0, 0.1) is 5.92 Å². The average molecular weight is 419 g/mol. The van der Waals surface area contributed by atoms with Crippen LogP contribution in [0.3, 0.4) is 0 Å². The maximum absolute atomic E-state index is 12.7. The van der Waals surface area contributed by atoms with E-state index in [2.05, 4.69) is 28.7 Å². The van der Waals surface area contributed by atoms with E-state index in [1.165, 1.54) is 44.8 Å². The molecule has 1 saturated heterocycles. The molecule has 158 valence electrons. The molecule has 0 spiro atoms. The van der Waals surface area contributed by atoms with Gasteiger partial charge in [0.1, 0.15) is 0 Å². The summed E-state index contributed by atoms with van der Waals surface area (Å²) in [6.07, 6.45) is 2.48. The molecule has 0 aliphatic carbocycles. The Morgan fingerprint density at radius 1 is 1.00 bits per heavy atom. The topological polar surface area (TPSA) is 67.9 Å². The second kappa shape index (κ2) is 9.61. The van der Waals surface area contributed by atoms with Gasteiger partial charge >= 0.3 is 0 Å². The monoisotopic (exact) mass is 418 g/mol. The molecule has 0 aromatic heterocycles. The number of rotatable bonds is 8. The van der Waals surface area contributed by atoms with Crippen molar-refractivity contribution in [3.8, 4) is 11.5 Å². The second-order valence-corrected chi connectivity index (χ2v) is 9.39. The molecule has 1 N–H and O–H groups in total. The third-order valence-corrected chi connectivity index (χ3v) is 6.80. The van der Waals surface area contributed by atoms with Crippen LogP contribution in [0.4, 0.5) is 0 Å². The van der Waals surface area contributed by atoms with Gasteiger partial charge in [-0.3, -0.25) is 4.90 Å². The summed E-state index contributed by atoms with van der Waals surface area (Å²) in [5, 5.41) is 0. The van der Waals surface area contributed by atoms with Gasteiger partial charge in [-0.1, -0.05) is 31.2 Å². The van der Waals surface area contributed by atoms with Gasteiger partial charge in [0.25, 0.3) is 0 Å². The molecule has 0 amide bonds. The minimum absolute atomic E-state index is 0.147. The van der Waals surface area contributed by atoms with E-state index in [1.807, 2.05) is 12.1 Å². The van der Waals surface area contributed by atoms with Gasteiger partial charge < -0.3 is 9.47 Å². The molecule has 1 heterocycles. The van der Waals surface area contributed by atoms with Crippen LogP contribution in [0.15, 0.2) is 47.4 Å². The molecular weight excluding hydrogens is 388 g/mol. The van der Waals surface area contributed by atoms with Crippen molar-refractivity contribution in [2.24, 2.45) is 5.92 Å². The first kappa shape index (κ1) is 21.6.